The van der Waals surface area contributed by atoms with E-state index in [1.807, 2.05) is 18.5 Å². The van der Waals surface area contributed by atoms with Crippen molar-refractivity contribution in [3.8, 4) is 11.3 Å². The van der Waals surface area contributed by atoms with Crippen LogP contribution >= 0.6 is 22.9 Å². The van der Waals surface area contributed by atoms with Gasteiger partial charge in [-0.2, -0.15) is 10.2 Å². The molecule has 0 radical (unpaired) electrons. The second kappa shape index (κ2) is 10.1. The molecule has 5 nitrogen and oxygen atoms in total. The van der Waals surface area contributed by atoms with Crippen LogP contribution in [0.1, 0.15) is 40.4 Å². The van der Waals surface area contributed by atoms with Gasteiger partial charge in [0.1, 0.15) is 11.0 Å². The van der Waals surface area contributed by atoms with Gasteiger partial charge in [0.25, 0.3) is 0 Å². The minimum atomic E-state index is -0.268. The van der Waals surface area contributed by atoms with Gasteiger partial charge in [-0.3, -0.25) is 4.99 Å². The minimum absolute atomic E-state index is 0.268. The Morgan fingerprint density at radius 1 is 1.06 bits per heavy atom. The van der Waals surface area contributed by atoms with Gasteiger partial charge < -0.3 is 0 Å². The smallest absolute Gasteiger partial charge is 0.206 e. The first kappa shape index (κ1) is 24.1. The SMILES string of the molecule is CCN=c1scc(-c2cc(C)c(C)cc2C)n1N=Cc1c(C)nn(Cc2ccc(F)cc2)c1Cl. The zero-order valence-electron chi connectivity index (χ0n) is 19.9. The Hall–Kier alpha value is -3.03. The molecule has 0 aliphatic rings. The van der Waals surface area contributed by atoms with E-state index in [0.29, 0.717) is 18.2 Å². The van der Waals surface area contributed by atoms with Crippen LogP contribution in [0.3, 0.4) is 0 Å². The molecule has 0 atom stereocenters. The van der Waals surface area contributed by atoms with Crippen LogP contribution in [0, 0.1) is 33.5 Å². The van der Waals surface area contributed by atoms with E-state index in [2.05, 4.69) is 48.4 Å². The van der Waals surface area contributed by atoms with Crippen molar-refractivity contribution < 1.29 is 4.39 Å². The Morgan fingerprint density at radius 2 is 1.76 bits per heavy atom. The Balaban J connectivity index is 1.74. The summed E-state index contributed by atoms with van der Waals surface area (Å²) in [5.41, 5.74) is 8.23. The highest BCUT2D eigenvalue weighted by atomic mass is 35.5. The summed E-state index contributed by atoms with van der Waals surface area (Å²) >= 11 is 8.24. The Labute approximate surface area is 207 Å². The Bertz CT molecular complexity index is 1430. The molecule has 2 aromatic heterocycles. The van der Waals surface area contributed by atoms with Gasteiger partial charge in [-0.15, -0.1) is 11.3 Å². The summed E-state index contributed by atoms with van der Waals surface area (Å²) < 4.78 is 16.8. The fourth-order valence-electron chi connectivity index (χ4n) is 3.77. The molecule has 0 fully saturated rings. The van der Waals surface area contributed by atoms with Gasteiger partial charge in [0, 0.05) is 17.5 Å². The third-order valence-electron chi connectivity index (χ3n) is 5.75. The highest BCUT2D eigenvalue weighted by molar-refractivity contribution is 7.07. The summed E-state index contributed by atoms with van der Waals surface area (Å²) in [5, 5.41) is 11.9. The van der Waals surface area contributed by atoms with Crippen LogP contribution in [-0.4, -0.2) is 27.2 Å². The van der Waals surface area contributed by atoms with Crippen LogP contribution in [0.15, 0.2) is 51.9 Å². The van der Waals surface area contributed by atoms with Gasteiger partial charge >= 0.3 is 0 Å². The van der Waals surface area contributed by atoms with E-state index in [-0.39, 0.29) is 5.82 Å². The van der Waals surface area contributed by atoms with E-state index in [9.17, 15) is 4.39 Å². The molecule has 2 aromatic carbocycles. The summed E-state index contributed by atoms with van der Waals surface area (Å²) in [6.45, 7) is 11.4. The molecule has 0 N–H and O–H groups in total. The summed E-state index contributed by atoms with van der Waals surface area (Å²) in [5.74, 6) is -0.268. The third-order valence-corrected chi connectivity index (χ3v) is 7.01. The Kier molecular flexibility index (Phi) is 7.14. The van der Waals surface area contributed by atoms with Gasteiger partial charge in [0.15, 0.2) is 0 Å². The quantitative estimate of drug-likeness (QED) is 0.290. The maximum atomic E-state index is 13.2. The normalized spacial score (nSPS) is 12.3. The minimum Gasteiger partial charge on any atom is -0.258 e. The molecule has 4 rings (SSSR count). The first-order valence-corrected chi connectivity index (χ1v) is 12.3. The number of thiazole rings is 1. The van der Waals surface area contributed by atoms with Crippen molar-refractivity contribution in [2.75, 3.05) is 6.54 Å². The first-order valence-electron chi connectivity index (χ1n) is 11.1. The van der Waals surface area contributed by atoms with Gasteiger partial charge in [0.05, 0.1) is 29.7 Å². The van der Waals surface area contributed by atoms with Crippen LogP contribution in [0.2, 0.25) is 5.15 Å². The van der Waals surface area contributed by atoms with Crippen molar-refractivity contribution in [1.82, 2.24) is 14.5 Å². The molecule has 176 valence electrons. The number of rotatable bonds is 6. The summed E-state index contributed by atoms with van der Waals surface area (Å²) in [6, 6.07) is 10.7. The average molecular weight is 496 g/mol. The largest absolute Gasteiger partial charge is 0.258 e. The molecule has 34 heavy (non-hydrogen) atoms. The summed E-state index contributed by atoms with van der Waals surface area (Å²) in [4.78, 5) is 5.45. The van der Waals surface area contributed by atoms with Crippen molar-refractivity contribution in [2.45, 2.75) is 41.2 Å². The highest BCUT2D eigenvalue weighted by Gasteiger charge is 2.15. The number of halogens is 2. The fraction of sp³-hybridized carbons (Fsp3) is 0.269. The monoisotopic (exact) mass is 495 g/mol. The van der Waals surface area contributed by atoms with Crippen molar-refractivity contribution >= 4 is 29.2 Å². The second-order valence-corrected chi connectivity index (χ2v) is 9.45. The molecule has 0 aliphatic carbocycles. The number of hydrogen-bond acceptors (Lipinski definition) is 4. The lowest BCUT2D eigenvalue weighted by Crippen LogP contribution is -2.13. The van der Waals surface area contributed by atoms with Gasteiger partial charge in [-0.05, 0) is 75.1 Å². The molecule has 0 spiro atoms. The Morgan fingerprint density at radius 3 is 2.47 bits per heavy atom. The van der Waals surface area contributed by atoms with Crippen LogP contribution < -0.4 is 4.80 Å². The molecule has 8 heteroatoms. The predicted molar refractivity (Wildman–Crippen MR) is 139 cm³/mol. The number of aryl methyl sites for hydroxylation is 4. The molecule has 0 unspecified atom stereocenters. The third kappa shape index (κ3) is 4.91. The van der Waals surface area contributed by atoms with Crippen molar-refractivity contribution in [2.24, 2.45) is 10.1 Å². The second-order valence-electron chi connectivity index (χ2n) is 8.26. The molecule has 0 bridgehead atoms. The molecular weight excluding hydrogens is 469 g/mol. The molecule has 0 saturated carbocycles. The lowest BCUT2D eigenvalue weighted by Gasteiger charge is -2.10. The standard InChI is InChI=1S/C26H27ClFN5S/c1-6-29-26-33(24(15-34-26)22-12-17(3)16(2)11-18(22)4)30-13-23-19(5)31-32(25(23)27)14-20-7-9-21(28)10-8-20/h7-13,15H,6,14H2,1-5H3. The topological polar surface area (TPSA) is 47.5 Å². The van der Waals surface area contributed by atoms with Crippen LogP contribution in [-0.2, 0) is 6.54 Å². The summed E-state index contributed by atoms with van der Waals surface area (Å²) in [7, 11) is 0. The van der Waals surface area contributed by atoms with Crippen LogP contribution in [0.4, 0.5) is 4.39 Å². The number of hydrogen-bond donors (Lipinski definition) is 0. The van der Waals surface area contributed by atoms with Crippen molar-refractivity contribution in [3.63, 3.8) is 0 Å². The molecule has 4 aromatic rings. The summed E-state index contributed by atoms with van der Waals surface area (Å²) in [6.07, 6.45) is 1.74. The lowest BCUT2D eigenvalue weighted by molar-refractivity contribution is 0.624. The molecule has 0 aliphatic heterocycles. The first-order chi connectivity index (χ1) is 16.3. The fourth-order valence-corrected chi connectivity index (χ4v) is 4.95. The van der Waals surface area contributed by atoms with Crippen molar-refractivity contribution in [3.05, 3.63) is 91.1 Å². The molecule has 0 amide bonds. The maximum absolute atomic E-state index is 13.2. The van der Waals surface area contributed by atoms with Crippen molar-refractivity contribution in [1.29, 1.82) is 0 Å². The predicted octanol–water partition coefficient (Wildman–Crippen LogP) is 6.29. The van der Waals surface area contributed by atoms with E-state index in [1.165, 1.54) is 28.8 Å². The number of nitrogens with zero attached hydrogens (tertiary/aromatic N) is 5. The van der Waals surface area contributed by atoms with E-state index < -0.39 is 0 Å². The molecule has 2 heterocycles. The average Bonchev–Trinajstić information content (AvgIpc) is 3.31. The van der Waals surface area contributed by atoms with Gasteiger partial charge in [-0.1, -0.05) is 29.8 Å². The number of benzene rings is 2. The number of aromatic nitrogens is 3. The molecular formula is C26H27ClFN5S. The zero-order chi connectivity index (χ0) is 24.4. The molecule has 0 saturated heterocycles. The van der Waals surface area contributed by atoms with Gasteiger partial charge in [0.2, 0.25) is 4.80 Å². The highest BCUT2D eigenvalue weighted by Crippen LogP contribution is 2.27. The zero-order valence-corrected chi connectivity index (χ0v) is 21.5. The van der Waals surface area contributed by atoms with E-state index >= 15 is 0 Å². The van der Waals surface area contributed by atoms with Crippen LogP contribution in [0.25, 0.3) is 11.3 Å². The van der Waals surface area contributed by atoms with E-state index in [4.69, 9.17) is 16.7 Å². The van der Waals surface area contributed by atoms with E-state index in [1.54, 1.807) is 34.4 Å². The van der Waals surface area contributed by atoms with Crippen LogP contribution in [0.5, 0.6) is 0 Å². The lowest BCUT2D eigenvalue weighted by atomic mass is 9.99. The van der Waals surface area contributed by atoms with Gasteiger partial charge in [-0.25, -0.2) is 13.7 Å². The maximum Gasteiger partial charge on any atom is 0.206 e. The van der Waals surface area contributed by atoms with E-state index in [0.717, 1.165) is 32.9 Å².